The Morgan fingerprint density at radius 3 is 2.81 bits per heavy atom. The van der Waals surface area contributed by atoms with Crippen molar-refractivity contribution in [3.63, 3.8) is 0 Å². The van der Waals surface area contributed by atoms with Crippen LogP contribution in [0.25, 0.3) is 31.3 Å². The second kappa shape index (κ2) is 6.73. The van der Waals surface area contributed by atoms with E-state index in [1.807, 2.05) is 20.8 Å². The van der Waals surface area contributed by atoms with Crippen molar-refractivity contribution in [3.05, 3.63) is 36.2 Å². The maximum atomic E-state index is 12.1. The van der Waals surface area contributed by atoms with Crippen LogP contribution < -0.4 is 5.32 Å². The Balaban J connectivity index is 1.73. The van der Waals surface area contributed by atoms with Gasteiger partial charge in [-0.25, -0.2) is 15.0 Å². The standard InChI is InChI=1S/C20H20N4OS2/c1-11-5-6-12-8-13-16-17(27-18(13)23-14(12)7-11)19(22-10-21-16)26-9-15(25)24-20(2,3)4/h5-8,10H,9H2,1-4H3,(H,24,25). The van der Waals surface area contributed by atoms with Crippen molar-refractivity contribution in [2.45, 2.75) is 38.3 Å². The van der Waals surface area contributed by atoms with Crippen molar-refractivity contribution in [1.82, 2.24) is 20.3 Å². The number of hydrogen-bond donors (Lipinski definition) is 1. The fraction of sp³-hybridized carbons (Fsp3) is 0.300. The molecule has 0 spiro atoms. The first-order valence-electron chi connectivity index (χ1n) is 8.68. The molecule has 3 aromatic heterocycles. The summed E-state index contributed by atoms with van der Waals surface area (Å²) in [6, 6.07) is 8.42. The summed E-state index contributed by atoms with van der Waals surface area (Å²) in [5.41, 5.74) is 2.84. The number of aromatic nitrogens is 3. The van der Waals surface area contributed by atoms with Crippen molar-refractivity contribution in [2.24, 2.45) is 0 Å². The molecule has 0 aliphatic carbocycles. The number of aryl methyl sites for hydroxylation is 1. The van der Waals surface area contributed by atoms with Gasteiger partial charge in [-0.2, -0.15) is 0 Å². The van der Waals surface area contributed by atoms with Crippen molar-refractivity contribution in [2.75, 3.05) is 5.75 Å². The van der Waals surface area contributed by atoms with E-state index in [1.54, 1.807) is 17.7 Å². The van der Waals surface area contributed by atoms with Crippen LogP contribution in [-0.4, -0.2) is 32.2 Å². The van der Waals surface area contributed by atoms with Gasteiger partial charge in [0.1, 0.15) is 16.2 Å². The number of amides is 1. The van der Waals surface area contributed by atoms with E-state index in [1.165, 1.54) is 17.3 Å². The molecule has 0 unspecified atom stereocenters. The van der Waals surface area contributed by atoms with Crippen molar-refractivity contribution in [3.8, 4) is 0 Å². The third kappa shape index (κ3) is 3.75. The summed E-state index contributed by atoms with van der Waals surface area (Å²) in [5, 5.41) is 5.94. The summed E-state index contributed by atoms with van der Waals surface area (Å²) in [6.07, 6.45) is 1.57. The number of nitrogens with zero attached hydrogens (tertiary/aromatic N) is 3. The summed E-state index contributed by atoms with van der Waals surface area (Å²) >= 11 is 3.03. The highest BCUT2D eigenvalue weighted by molar-refractivity contribution is 8.00. The zero-order valence-electron chi connectivity index (χ0n) is 15.7. The van der Waals surface area contributed by atoms with Gasteiger partial charge in [-0.1, -0.05) is 23.9 Å². The quantitative estimate of drug-likeness (QED) is 0.401. The average Bonchev–Trinajstić information content (AvgIpc) is 2.94. The topological polar surface area (TPSA) is 67.8 Å². The van der Waals surface area contributed by atoms with Crippen molar-refractivity contribution < 1.29 is 4.79 Å². The Hall–Kier alpha value is -2.25. The molecule has 1 N–H and O–H groups in total. The number of nitrogens with one attached hydrogen (secondary N) is 1. The molecule has 0 saturated heterocycles. The largest absolute Gasteiger partial charge is 0.351 e. The minimum atomic E-state index is -0.238. The summed E-state index contributed by atoms with van der Waals surface area (Å²) in [5.74, 6) is 0.325. The molecular weight excluding hydrogens is 376 g/mol. The molecule has 27 heavy (non-hydrogen) atoms. The summed E-state index contributed by atoms with van der Waals surface area (Å²) in [7, 11) is 0. The van der Waals surface area contributed by atoms with Crippen LogP contribution in [0.3, 0.4) is 0 Å². The van der Waals surface area contributed by atoms with Crippen LogP contribution in [0.4, 0.5) is 0 Å². The first-order valence-corrected chi connectivity index (χ1v) is 10.5. The Bertz CT molecular complexity index is 1180. The molecule has 0 aliphatic rings. The Morgan fingerprint density at radius 1 is 1.22 bits per heavy atom. The Kier molecular flexibility index (Phi) is 4.52. The highest BCUT2D eigenvalue weighted by Crippen LogP contribution is 2.37. The monoisotopic (exact) mass is 396 g/mol. The highest BCUT2D eigenvalue weighted by Gasteiger charge is 2.17. The normalized spacial score (nSPS) is 12.1. The van der Waals surface area contributed by atoms with Crippen LogP contribution in [0.2, 0.25) is 0 Å². The molecule has 7 heteroatoms. The molecule has 3 heterocycles. The number of fused-ring (bicyclic) bond motifs is 4. The number of thioether (sulfide) groups is 1. The van der Waals surface area contributed by atoms with Gasteiger partial charge in [-0.3, -0.25) is 4.79 Å². The van der Waals surface area contributed by atoms with E-state index < -0.39 is 0 Å². The maximum absolute atomic E-state index is 12.1. The summed E-state index contributed by atoms with van der Waals surface area (Å²) < 4.78 is 0.987. The maximum Gasteiger partial charge on any atom is 0.230 e. The van der Waals surface area contributed by atoms with Crippen LogP contribution in [0.15, 0.2) is 35.6 Å². The van der Waals surface area contributed by atoms with Crippen LogP contribution in [0, 0.1) is 6.92 Å². The average molecular weight is 397 g/mol. The van der Waals surface area contributed by atoms with E-state index >= 15 is 0 Å². The van der Waals surface area contributed by atoms with E-state index in [0.717, 1.165) is 36.4 Å². The van der Waals surface area contributed by atoms with Gasteiger partial charge in [0, 0.05) is 16.3 Å². The van der Waals surface area contributed by atoms with E-state index in [2.05, 4.69) is 46.5 Å². The Morgan fingerprint density at radius 2 is 2.04 bits per heavy atom. The van der Waals surface area contributed by atoms with Gasteiger partial charge in [0.2, 0.25) is 5.91 Å². The molecule has 138 valence electrons. The third-order valence-electron chi connectivity index (χ3n) is 4.02. The number of carbonyl (C=O) groups excluding carboxylic acids is 1. The second-order valence-corrected chi connectivity index (χ2v) is 9.55. The van der Waals surface area contributed by atoms with Gasteiger partial charge in [0.15, 0.2) is 0 Å². The van der Waals surface area contributed by atoms with Gasteiger partial charge in [0.25, 0.3) is 0 Å². The number of carbonyl (C=O) groups is 1. The van der Waals surface area contributed by atoms with Crippen molar-refractivity contribution in [1.29, 1.82) is 0 Å². The van der Waals surface area contributed by atoms with Gasteiger partial charge >= 0.3 is 0 Å². The molecule has 1 aromatic carbocycles. The SMILES string of the molecule is Cc1ccc2cc3c(nc2c1)sc1c(SCC(=O)NC(C)(C)C)ncnc13. The van der Waals surface area contributed by atoms with Crippen LogP contribution in [0.1, 0.15) is 26.3 Å². The van der Waals surface area contributed by atoms with E-state index in [0.29, 0.717) is 5.75 Å². The predicted molar refractivity (Wildman–Crippen MR) is 114 cm³/mol. The zero-order valence-corrected chi connectivity index (χ0v) is 17.3. The minimum absolute atomic E-state index is 0.000267. The lowest BCUT2D eigenvalue weighted by molar-refractivity contribution is -0.119. The number of benzene rings is 1. The van der Waals surface area contributed by atoms with Gasteiger partial charge in [-0.05, 0) is 45.4 Å². The zero-order chi connectivity index (χ0) is 19.2. The molecule has 1 amide bonds. The predicted octanol–water partition coefficient (Wildman–Crippen LogP) is 4.71. The molecule has 0 atom stereocenters. The molecule has 0 saturated carbocycles. The highest BCUT2D eigenvalue weighted by atomic mass is 32.2. The number of pyridine rings is 1. The van der Waals surface area contributed by atoms with Gasteiger partial charge < -0.3 is 5.32 Å². The molecule has 0 fully saturated rings. The van der Waals surface area contributed by atoms with Crippen LogP contribution in [0.5, 0.6) is 0 Å². The fourth-order valence-electron chi connectivity index (χ4n) is 2.94. The molecule has 5 nitrogen and oxygen atoms in total. The van der Waals surface area contributed by atoms with E-state index in [9.17, 15) is 4.79 Å². The molecule has 4 aromatic rings. The second-order valence-electron chi connectivity index (χ2n) is 7.58. The van der Waals surface area contributed by atoms with Crippen LogP contribution in [-0.2, 0) is 4.79 Å². The number of rotatable bonds is 3. The fourth-order valence-corrected chi connectivity index (χ4v) is 4.93. The molecule has 0 radical (unpaired) electrons. The van der Waals surface area contributed by atoms with Gasteiger partial charge in [0.05, 0.1) is 21.5 Å². The summed E-state index contributed by atoms with van der Waals surface area (Å²) in [6.45, 7) is 7.99. The number of thiophene rings is 1. The first kappa shape index (κ1) is 18.1. The lowest BCUT2D eigenvalue weighted by atomic mass is 10.1. The molecule has 0 bridgehead atoms. The Labute approximate surface area is 165 Å². The lowest BCUT2D eigenvalue weighted by Crippen LogP contribution is -2.41. The van der Waals surface area contributed by atoms with Crippen molar-refractivity contribution >= 4 is 60.3 Å². The number of hydrogen-bond acceptors (Lipinski definition) is 6. The minimum Gasteiger partial charge on any atom is -0.351 e. The van der Waals surface area contributed by atoms with Crippen LogP contribution >= 0.6 is 23.1 Å². The van der Waals surface area contributed by atoms with E-state index in [-0.39, 0.29) is 11.4 Å². The smallest absolute Gasteiger partial charge is 0.230 e. The molecule has 0 aliphatic heterocycles. The first-order chi connectivity index (χ1) is 12.8. The molecular formula is C20H20N4OS2. The van der Waals surface area contributed by atoms with Gasteiger partial charge in [-0.15, -0.1) is 11.3 Å². The lowest BCUT2D eigenvalue weighted by Gasteiger charge is -2.20. The summed E-state index contributed by atoms with van der Waals surface area (Å²) in [4.78, 5) is 26.8. The molecule has 4 rings (SSSR count). The third-order valence-corrected chi connectivity index (χ3v) is 6.23. The van der Waals surface area contributed by atoms with E-state index in [4.69, 9.17) is 4.98 Å².